The second-order valence-electron chi connectivity index (χ2n) is 5.93. The maximum absolute atomic E-state index is 13.0. The van der Waals surface area contributed by atoms with E-state index in [1.165, 1.54) is 0 Å². The Labute approximate surface area is 135 Å². The van der Waals surface area contributed by atoms with Crippen molar-refractivity contribution in [2.75, 3.05) is 5.32 Å². The van der Waals surface area contributed by atoms with Gasteiger partial charge in [0.1, 0.15) is 5.41 Å². The van der Waals surface area contributed by atoms with Crippen molar-refractivity contribution in [3.05, 3.63) is 102 Å². The number of benzene rings is 3. The lowest BCUT2D eigenvalue weighted by Gasteiger charge is -2.28. The van der Waals surface area contributed by atoms with Gasteiger partial charge in [-0.1, -0.05) is 78.9 Å². The van der Waals surface area contributed by atoms with E-state index in [9.17, 15) is 4.79 Å². The van der Waals surface area contributed by atoms with Gasteiger partial charge in [-0.3, -0.25) is 4.79 Å². The number of carbonyl (C=O) groups is 1. The summed E-state index contributed by atoms with van der Waals surface area (Å²) in [6.45, 7) is 0. The van der Waals surface area contributed by atoms with Crippen molar-refractivity contribution >= 4 is 11.6 Å². The smallest absolute Gasteiger partial charge is 0.239 e. The van der Waals surface area contributed by atoms with E-state index >= 15 is 0 Å². The van der Waals surface area contributed by atoms with Crippen LogP contribution in [0.3, 0.4) is 0 Å². The fraction of sp³-hybridized carbons (Fsp3) is 0.0952. The number of carbonyl (C=O) groups excluding carboxylic acids is 1. The van der Waals surface area contributed by atoms with E-state index < -0.39 is 5.41 Å². The molecule has 4 rings (SSSR count). The fourth-order valence-electron chi connectivity index (χ4n) is 3.50. The van der Waals surface area contributed by atoms with E-state index in [1.807, 2.05) is 66.7 Å². The van der Waals surface area contributed by atoms with Gasteiger partial charge >= 0.3 is 0 Å². The van der Waals surface area contributed by atoms with Crippen molar-refractivity contribution in [2.45, 2.75) is 11.8 Å². The van der Waals surface area contributed by atoms with Crippen LogP contribution in [0.4, 0.5) is 5.69 Å². The van der Waals surface area contributed by atoms with Gasteiger partial charge in [0.25, 0.3) is 0 Å². The number of anilines is 1. The predicted molar refractivity (Wildman–Crippen MR) is 92.4 cm³/mol. The van der Waals surface area contributed by atoms with Crippen LogP contribution in [0, 0.1) is 0 Å². The number of fused-ring (bicyclic) bond motifs is 1. The van der Waals surface area contributed by atoms with Gasteiger partial charge in [-0.15, -0.1) is 0 Å². The molecular weight excluding hydrogens is 282 g/mol. The number of hydrogen-bond donors (Lipinski definition) is 1. The lowest BCUT2D eigenvalue weighted by atomic mass is 9.71. The summed E-state index contributed by atoms with van der Waals surface area (Å²) < 4.78 is 0. The zero-order valence-corrected chi connectivity index (χ0v) is 12.7. The summed E-state index contributed by atoms with van der Waals surface area (Å²) in [6.07, 6.45) is 0.653. The van der Waals surface area contributed by atoms with Crippen molar-refractivity contribution in [3.8, 4) is 0 Å². The number of rotatable bonds is 3. The molecule has 1 heterocycles. The maximum Gasteiger partial charge on any atom is 0.239 e. The Bertz CT molecular complexity index is 842. The SMILES string of the molecule is O=C1Nc2ccccc2[C@@]1(Cc1ccccc1)c1ccccc1. The van der Waals surface area contributed by atoms with Gasteiger partial charge in [-0.25, -0.2) is 0 Å². The first-order chi connectivity index (χ1) is 11.3. The summed E-state index contributed by atoms with van der Waals surface area (Å²) in [7, 11) is 0. The van der Waals surface area contributed by atoms with Crippen LogP contribution in [-0.4, -0.2) is 5.91 Å². The van der Waals surface area contributed by atoms with Crippen LogP contribution in [0.2, 0.25) is 0 Å². The predicted octanol–water partition coefficient (Wildman–Crippen LogP) is 4.17. The minimum absolute atomic E-state index is 0.0498. The first kappa shape index (κ1) is 13.8. The van der Waals surface area contributed by atoms with E-state index in [0.29, 0.717) is 6.42 Å². The molecule has 1 atom stereocenters. The summed E-state index contributed by atoms with van der Waals surface area (Å²) >= 11 is 0. The van der Waals surface area contributed by atoms with E-state index in [1.54, 1.807) is 0 Å². The van der Waals surface area contributed by atoms with Crippen LogP contribution in [-0.2, 0) is 16.6 Å². The van der Waals surface area contributed by atoms with Gasteiger partial charge < -0.3 is 5.32 Å². The second kappa shape index (κ2) is 5.40. The highest BCUT2D eigenvalue weighted by molar-refractivity contribution is 6.08. The van der Waals surface area contributed by atoms with E-state index in [4.69, 9.17) is 0 Å². The molecule has 0 saturated carbocycles. The van der Waals surface area contributed by atoms with Crippen molar-refractivity contribution in [1.82, 2.24) is 0 Å². The number of hydrogen-bond acceptors (Lipinski definition) is 1. The summed E-state index contributed by atoms with van der Waals surface area (Å²) in [5, 5.41) is 3.07. The standard InChI is InChI=1S/C21H17NO/c23-20-21(17-11-5-2-6-12-17,15-16-9-3-1-4-10-16)18-13-7-8-14-19(18)22-20/h1-14H,15H2,(H,22,23)/t21-/m1/s1. The molecule has 112 valence electrons. The largest absolute Gasteiger partial charge is 0.325 e. The lowest BCUT2D eigenvalue weighted by Crippen LogP contribution is -2.38. The molecular formula is C21H17NO. The Morgan fingerprint density at radius 3 is 2.09 bits per heavy atom. The third-order valence-corrected chi connectivity index (χ3v) is 4.60. The quantitative estimate of drug-likeness (QED) is 0.773. The molecule has 0 fully saturated rings. The third-order valence-electron chi connectivity index (χ3n) is 4.60. The van der Waals surface area contributed by atoms with E-state index in [0.717, 1.165) is 22.4 Å². The molecule has 3 aromatic carbocycles. The average Bonchev–Trinajstić information content (AvgIpc) is 2.89. The van der Waals surface area contributed by atoms with Crippen molar-refractivity contribution in [1.29, 1.82) is 0 Å². The van der Waals surface area contributed by atoms with Crippen molar-refractivity contribution in [3.63, 3.8) is 0 Å². The molecule has 1 amide bonds. The summed E-state index contributed by atoms with van der Waals surface area (Å²) in [5.41, 5.74) is 3.49. The molecule has 0 aliphatic carbocycles. The van der Waals surface area contributed by atoms with Crippen molar-refractivity contribution in [2.24, 2.45) is 0 Å². The topological polar surface area (TPSA) is 29.1 Å². The maximum atomic E-state index is 13.0. The summed E-state index contributed by atoms with van der Waals surface area (Å²) in [4.78, 5) is 13.0. The van der Waals surface area contributed by atoms with Gasteiger partial charge in [0.05, 0.1) is 0 Å². The highest BCUT2D eigenvalue weighted by atomic mass is 16.2. The van der Waals surface area contributed by atoms with Crippen LogP contribution in [0.1, 0.15) is 16.7 Å². The van der Waals surface area contributed by atoms with Gasteiger partial charge in [-0.05, 0) is 29.2 Å². The second-order valence-corrected chi connectivity index (χ2v) is 5.93. The number of nitrogens with one attached hydrogen (secondary N) is 1. The minimum atomic E-state index is -0.667. The zero-order valence-electron chi connectivity index (χ0n) is 12.7. The lowest BCUT2D eigenvalue weighted by molar-refractivity contribution is -0.119. The van der Waals surface area contributed by atoms with Gasteiger partial charge in [0.2, 0.25) is 5.91 Å². The summed E-state index contributed by atoms with van der Waals surface area (Å²) in [6, 6.07) is 28.3. The first-order valence-corrected chi connectivity index (χ1v) is 7.81. The fourth-order valence-corrected chi connectivity index (χ4v) is 3.50. The molecule has 0 bridgehead atoms. The van der Waals surface area contributed by atoms with Crippen LogP contribution in [0.15, 0.2) is 84.9 Å². The van der Waals surface area contributed by atoms with Crippen LogP contribution < -0.4 is 5.32 Å². The Morgan fingerprint density at radius 1 is 0.739 bits per heavy atom. The molecule has 0 spiro atoms. The molecule has 2 nitrogen and oxygen atoms in total. The first-order valence-electron chi connectivity index (χ1n) is 7.81. The molecule has 0 aromatic heterocycles. The van der Waals surface area contributed by atoms with Crippen LogP contribution in [0.5, 0.6) is 0 Å². The minimum Gasteiger partial charge on any atom is -0.325 e. The molecule has 3 aromatic rings. The van der Waals surface area contributed by atoms with Crippen molar-refractivity contribution < 1.29 is 4.79 Å². The third kappa shape index (κ3) is 2.15. The van der Waals surface area contributed by atoms with E-state index in [-0.39, 0.29) is 5.91 Å². The Kier molecular flexibility index (Phi) is 3.23. The van der Waals surface area contributed by atoms with Gasteiger partial charge in [-0.2, -0.15) is 0 Å². The molecule has 0 unspecified atom stereocenters. The number of amides is 1. The van der Waals surface area contributed by atoms with E-state index in [2.05, 4.69) is 23.5 Å². The molecule has 0 saturated heterocycles. The average molecular weight is 299 g/mol. The van der Waals surface area contributed by atoms with Crippen LogP contribution in [0.25, 0.3) is 0 Å². The molecule has 1 aliphatic rings. The monoisotopic (exact) mass is 299 g/mol. The molecule has 2 heteroatoms. The highest BCUT2D eigenvalue weighted by Crippen LogP contribution is 2.44. The Hall–Kier alpha value is -2.87. The van der Waals surface area contributed by atoms with Gasteiger partial charge in [0, 0.05) is 5.69 Å². The highest BCUT2D eigenvalue weighted by Gasteiger charge is 2.47. The zero-order chi connectivity index (χ0) is 15.7. The normalized spacial score (nSPS) is 19.2. The summed E-state index contributed by atoms with van der Waals surface area (Å²) in [5.74, 6) is 0.0498. The van der Waals surface area contributed by atoms with Gasteiger partial charge in [0.15, 0.2) is 0 Å². The molecule has 1 aliphatic heterocycles. The Morgan fingerprint density at radius 2 is 1.35 bits per heavy atom. The molecule has 23 heavy (non-hydrogen) atoms. The van der Waals surface area contributed by atoms with Crippen LogP contribution >= 0.6 is 0 Å². The molecule has 1 N–H and O–H groups in total. The number of para-hydroxylation sites is 1. The molecule has 0 radical (unpaired) electrons. The Balaban J connectivity index is 1.94.